The molecule has 1 rings (SSSR count). The molecule has 0 spiro atoms. The van der Waals surface area contributed by atoms with Crippen LogP contribution in [0.3, 0.4) is 0 Å². The Kier molecular flexibility index (Phi) is 3.51. The molecule has 0 amide bonds. The molecule has 1 aromatic heterocycles. The van der Waals surface area contributed by atoms with E-state index in [-0.39, 0.29) is 5.69 Å². The Hall–Kier alpha value is -1.04. The van der Waals surface area contributed by atoms with Crippen LogP contribution in [-0.4, -0.2) is 18.1 Å². The second kappa shape index (κ2) is 4.45. The first-order chi connectivity index (χ1) is 6.56. The maximum absolute atomic E-state index is 12.2. The fourth-order valence-corrected chi connectivity index (χ4v) is 1.20. The van der Waals surface area contributed by atoms with Crippen molar-refractivity contribution < 1.29 is 18.3 Å². The summed E-state index contributed by atoms with van der Waals surface area (Å²) in [7, 11) is 1.16. The summed E-state index contributed by atoms with van der Waals surface area (Å²) in [6.45, 7) is 0. The van der Waals surface area contributed by atoms with Gasteiger partial charge in [0, 0.05) is 0 Å². The number of halogens is 3. The number of pyridine rings is 1. The molecule has 0 saturated carbocycles. The minimum absolute atomic E-state index is 0.148. The van der Waals surface area contributed by atoms with Gasteiger partial charge in [0.25, 0.3) is 6.43 Å². The zero-order valence-corrected chi connectivity index (χ0v) is 8.72. The van der Waals surface area contributed by atoms with Crippen molar-refractivity contribution in [2.24, 2.45) is 0 Å². The Morgan fingerprint density at radius 3 is 2.71 bits per heavy atom. The molecule has 14 heavy (non-hydrogen) atoms. The lowest BCUT2D eigenvalue weighted by molar-refractivity contribution is 0.0591. The van der Waals surface area contributed by atoms with Crippen molar-refractivity contribution >= 4 is 21.9 Å². The van der Waals surface area contributed by atoms with Gasteiger partial charge in [-0.25, -0.2) is 18.6 Å². The van der Waals surface area contributed by atoms with Crippen LogP contribution in [0.1, 0.15) is 22.6 Å². The zero-order valence-electron chi connectivity index (χ0n) is 7.13. The van der Waals surface area contributed by atoms with Crippen molar-refractivity contribution in [2.45, 2.75) is 6.43 Å². The summed E-state index contributed by atoms with van der Waals surface area (Å²) >= 11 is 3.01. The monoisotopic (exact) mass is 265 g/mol. The molecular formula is C8H6BrF2NO2. The molecule has 3 nitrogen and oxygen atoms in total. The number of esters is 1. The first-order valence-corrected chi connectivity index (χ1v) is 4.38. The predicted octanol–water partition coefficient (Wildman–Crippen LogP) is 2.57. The van der Waals surface area contributed by atoms with Gasteiger partial charge in [-0.05, 0) is 28.1 Å². The lowest BCUT2D eigenvalue weighted by atomic mass is 10.3. The maximum Gasteiger partial charge on any atom is 0.357 e. The highest BCUT2D eigenvalue weighted by Gasteiger charge is 2.16. The Morgan fingerprint density at radius 1 is 1.57 bits per heavy atom. The second-order valence-corrected chi connectivity index (χ2v) is 3.21. The lowest BCUT2D eigenvalue weighted by Crippen LogP contribution is -2.07. The number of nitrogens with zero attached hydrogens (tertiary/aromatic N) is 1. The Bertz CT molecular complexity index is 357. The molecule has 0 atom stereocenters. The van der Waals surface area contributed by atoms with Gasteiger partial charge in [0.2, 0.25) is 0 Å². The van der Waals surface area contributed by atoms with Crippen LogP contribution in [0, 0.1) is 0 Å². The van der Waals surface area contributed by atoms with E-state index in [1.165, 1.54) is 6.07 Å². The molecule has 0 aliphatic rings. The van der Waals surface area contributed by atoms with Gasteiger partial charge in [0.15, 0.2) is 5.69 Å². The van der Waals surface area contributed by atoms with Crippen LogP contribution in [0.25, 0.3) is 0 Å². The Morgan fingerprint density at radius 2 is 2.21 bits per heavy atom. The summed E-state index contributed by atoms with van der Waals surface area (Å²) in [6, 6.07) is 2.47. The van der Waals surface area contributed by atoms with E-state index in [0.717, 1.165) is 13.2 Å². The molecule has 0 aliphatic carbocycles. The molecular weight excluding hydrogens is 260 g/mol. The molecule has 0 fully saturated rings. The van der Waals surface area contributed by atoms with E-state index in [9.17, 15) is 13.6 Å². The van der Waals surface area contributed by atoms with E-state index in [4.69, 9.17) is 0 Å². The van der Waals surface area contributed by atoms with Crippen molar-refractivity contribution in [3.8, 4) is 0 Å². The van der Waals surface area contributed by atoms with Crippen LogP contribution < -0.4 is 0 Å². The summed E-state index contributed by atoms with van der Waals surface area (Å²) in [6.07, 6.45) is -2.70. The van der Waals surface area contributed by atoms with Crippen LogP contribution in [0.5, 0.6) is 0 Å². The maximum atomic E-state index is 12.2. The largest absolute Gasteiger partial charge is 0.464 e. The second-order valence-electron chi connectivity index (χ2n) is 2.36. The molecule has 0 aromatic carbocycles. The van der Waals surface area contributed by atoms with Crippen molar-refractivity contribution in [1.29, 1.82) is 0 Å². The van der Waals surface area contributed by atoms with Crippen LogP contribution in [-0.2, 0) is 4.74 Å². The first kappa shape index (κ1) is 11.0. The minimum atomic E-state index is -2.70. The smallest absolute Gasteiger partial charge is 0.357 e. The number of methoxy groups -OCH3 is 1. The normalized spacial score (nSPS) is 10.4. The standard InChI is InChI=1S/C8H6BrF2NO2/c1-14-8(13)6-4(9)2-3-5(12-6)7(10)11/h2-3,7H,1H3. The summed E-state index contributed by atoms with van der Waals surface area (Å²) in [4.78, 5) is 14.5. The highest BCUT2D eigenvalue weighted by molar-refractivity contribution is 9.10. The van der Waals surface area contributed by atoms with E-state index < -0.39 is 18.1 Å². The highest BCUT2D eigenvalue weighted by Crippen LogP contribution is 2.21. The van der Waals surface area contributed by atoms with E-state index in [1.807, 2.05) is 0 Å². The average molecular weight is 266 g/mol. The number of hydrogen-bond acceptors (Lipinski definition) is 3. The first-order valence-electron chi connectivity index (χ1n) is 3.59. The summed E-state index contributed by atoms with van der Waals surface area (Å²) < 4.78 is 29.1. The van der Waals surface area contributed by atoms with E-state index in [0.29, 0.717) is 4.47 Å². The molecule has 1 aromatic rings. The van der Waals surface area contributed by atoms with E-state index >= 15 is 0 Å². The number of ether oxygens (including phenoxy) is 1. The number of aromatic nitrogens is 1. The van der Waals surface area contributed by atoms with Crippen LogP contribution in [0.4, 0.5) is 8.78 Å². The van der Waals surface area contributed by atoms with Gasteiger partial charge in [-0.15, -0.1) is 0 Å². The van der Waals surface area contributed by atoms with Crippen LogP contribution >= 0.6 is 15.9 Å². The number of hydrogen-bond donors (Lipinski definition) is 0. The quantitative estimate of drug-likeness (QED) is 0.772. The zero-order chi connectivity index (χ0) is 10.7. The molecule has 0 radical (unpaired) electrons. The SMILES string of the molecule is COC(=O)c1nc(C(F)F)ccc1Br. The van der Waals surface area contributed by atoms with Gasteiger partial charge in [-0.2, -0.15) is 0 Å². The Labute approximate surface area is 87.2 Å². The topological polar surface area (TPSA) is 39.2 Å². The highest BCUT2D eigenvalue weighted by atomic mass is 79.9. The minimum Gasteiger partial charge on any atom is -0.464 e. The molecule has 0 saturated heterocycles. The third kappa shape index (κ3) is 2.25. The van der Waals surface area contributed by atoms with Gasteiger partial charge in [-0.3, -0.25) is 0 Å². The van der Waals surface area contributed by atoms with Crippen molar-refractivity contribution in [2.75, 3.05) is 7.11 Å². The molecule has 0 bridgehead atoms. The number of carbonyl (C=O) groups excluding carboxylic acids is 1. The van der Waals surface area contributed by atoms with Crippen LogP contribution in [0.15, 0.2) is 16.6 Å². The predicted molar refractivity (Wildman–Crippen MR) is 48.2 cm³/mol. The summed E-state index contributed by atoms with van der Waals surface area (Å²) in [5.74, 6) is -0.751. The Balaban J connectivity index is 3.15. The van der Waals surface area contributed by atoms with Crippen LogP contribution in [0.2, 0.25) is 0 Å². The van der Waals surface area contributed by atoms with Gasteiger partial charge in [0.05, 0.1) is 11.6 Å². The van der Waals surface area contributed by atoms with Crippen molar-refractivity contribution in [3.63, 3.8) is 0 Å². The number of carbonyl (C=O) groups is 1. The molecule has 0 N–H and O–H groups in total. The molecule has 0 aliphatic heterocycles. The fourth-order valence-electron chi connectivity index (χ4n) is 0.819. The lowest BCUT2D eigenvalue weighted by Gasteiger charge is -2.04. The fraction of sp³-hybridized carbons (Fsp3) is 0.250. The third-order valence-corrected chi connectivity index (χ3v) is 2.11. The summed E-state index contributed by atoms with van der Waals surface area (Å²) in [5.41, 5.74) is -0.598. The third-order valence-electron chi connectivity index (χ3n) is 1.47. The molecule has 1 heterocycles. The molecule has 0 unspecified atom stereocenters. The van der Waals surface area contributed by atoms with E-state index in [1.54, 1.807) is 0 Å². The average Bonchev–Trinajstić information content (AvgIpc) is 2.17. The van der Waals surface area contributed by atoms with Gasteiger partial charge >= 0.3 is 5.97 Å². The van der Waals surface area contributed by atoms with E-state index in [2.05, 4.69) is 25.7 Å². The van der Waals surface area contributed by atoms with Crippen molar-refractivity contribution in [3.05, 3.63) is 28.0 Å². The van der Waals surface area contributed by atoms with Gasteiger partial charge in [-0.1, -0.05) is 0 Å². The molecule has 6 heteroatoms. The van der Waals surface area contributed by atoms with Crippen molar-refractivity contribution in [1.82, 2.24) is 4.98 Å². The molecule has 76 valence electrons. The number of alkyl halides is 2. The van der Waals surface area contributed by atoms with Gasteiger partial charge < -0.3 is 4.74 Å². The summed E-state index contributed by atoms with van der Waals surface area (Å²) in [5, 5.41) is 0. The van der Waals surface area contributed by atoms with Gasteiger partial charge in [0.1, 0.15) is 5.69 Å². The number of rotatable bonds is 2.